The van der Waals surface area contributed by atoms with Gasteiger partial charge in [-0.15, -0.1) is 0 Å². The molecule has 55 heavy (non-hydrogen) atoms. The Kier molecular flexibility index (Phi) is 12.5. The Morgan fingerprint density at radius 2 is 1.33 bits per heavy atom. The van der Waals surface area contributed by atoms with Gasteiger partial charge in [-0.25, -0.2) is 0 Å². The molecule has 0 unspecified atom stereocenters. The number of hydrogen-bond acceptors (Lipinski definition) is 13. The fraction of sp³-hybridized carbons (Fsp3) is 0.952. The predicted molar refractivity (Wildman–Crippen MR) is 201 cm³/mol. The van der Waals surface area contributed by atoms with Gasteiger partial charge in [0.1, 0.15) is 48.8 Å². The quantitative estimate of drug-likeness (QED) is 0.115. The van der Waals surface area contributed by atoms with E-state index in [2.05, 4.69) is 54.5 Å². The molecule has 6 fully saturated rings. The van der Waals surface area contributed by atoms with Gasteiger partial charge in [-0.05, 0) is 124 Å². The molecule has 2 heterocycles. The summed E-state index contributed by atoms with van der Waals surface area (Å²) in [6.45, 7) is 16.5. The summed E-state index contributed by atoms with van der Waals surface area (Å²) in [5.41, 5.74) is -0.405. The molecule has 0 radical (unpaired) electrons. The molecule has 0 spiro atoms. The van der Waals surface area contributed by atoms with Crippen molar-refractivity contribution in [3.8, 4) is 0 Å². The highest BCUT2D eigenvalue weighted by atomic mass is 16.8. The molecular weight excluding hydrogens is 712 g/mol. The molecule has 0 amide bonds. The molecule has 6 rings (SSSR count). The van der Waals surface area contributed by atoms with Crippen LogP contribution in [0.25, 0.3) is 0 Å². The summed E-state index contributed by atoms with van der Waals surface area (Å²) < 4.78 is 24.4. The smallest absolute Gasteiger partial charge is 0.187 e. The lowest BCUT2D eigenvalue weighted by Crippen LogP contribution is -2.68. The summed E-state index contributed by atoms with van der Waals surface area (Å²) in [4.78, 5) is 0. The zero-order valence-corrected chi connectivity index (χ0v) is 34.3. The summed E-state index contributed by atoms with van der Waals surface area (Å²) in [7, 11) is 0. The van der Waals surface area contributed by atoms with E-state index in [0.29, 0.717) is 19.3 Å². The van der Waals surface area contributed by atoms with Crippen molar-refractivity contribution in [2.24, 2.45) is 45.3 Å². The summed E-state index contributed by atoms with van der Waals surface area (Å²) in [5, 5.41) is 97.4. The molecule has 2 saturated heterocycles. The van der Waals surface area contributed by atoms with E-state index in [1.54, 1.807) is 0 Å². The van der Waals surface area contributed by atoms with Gasteiger partial charge in [0, 0.05) is 0 Å². The molecular formula is C42H72O13. The largest absolute Gasteiger partial charge is 0.394 e. The summed E-state index contributed by atoms with van der Waals surface area (Å²) in [5.74, 6) is 0.445. The maximum atomic E-state index is 12.2. The van der Waals surface area contributed by atoms with Crippen molar-refractivity contribution in [1.29, 1.82) is 0 Å². The SMILES string of the molecule is CC(C)=CCC[C@](C)(O)[C@@H]1CC[C@@]2(C)[C@@H]1[C@@H](O)C[C@H]1[C@@]3(C)CC[C@H](O[C@@H]4O[C@H](CO)[C@@H](O)[C@H](O)[C@H]4O[C@@H]4O[C@H](CO)[C@@H](O)[C@H](O)[C@H]4O)C(C)(C)[C@@H]3CC[C@@]12C. The highest BCUT2D eigenvalue weighted by Crippen LogP contribution is 2.76. The number of rotatable bonds is 10. The Morgan fingerprint density at radius 3 is 1.95 bits per heavy atom. The predicted octanol–water partition coefficient (Wildman–Crippen LogP) is 2.15. The Labute approximate surface area is 327 Å². The third kappa shape index (κ3) is 7.20. The third-order valence-electron chi connectivity index (χ3n) is 16.6. The number of fused-ring (bicyclic) bond motifs is 5. The van der Waals surface area contributed by atoms with Gasteiger partial charge in [0.05, 0.1) is 31.0 Å². The van der Waals surface area contributed by atoms with Crippen LogP contribution in [0.15, 0.2) is 11.6 Å². The molecule has 13 heteroatoms. The van der Waals surface area contributed by atoms with Crippen molar-refractivity contribution in [2.45, 2.75) is 192 Å². The maximum absolute atomic E-state index is 12.2. The molecule has 0 bridgehead atoms. The average molecular weight is 785 g/mol. The van der Waals surface area contributed by atoms with Crippen LogP contribution < -0.4 is 0 Å². The molecule has 2 aliphatic heterocycles. The molecule has 318 valence electrons. The molecule has 20 atom stereocenters. The van der Waals surface area contributed by atoms with Gasteiger partial charge in [0.2, 0.25) is 0 Å². The molecule has 4 saturated carbocycles. The third-order valence-corrected chi connectivity index (χ3v) is 16.6. The van der Waals surface area contributed by atoms with E-state index in [4.69, 9.17) is 18.9 Å². The summed E-state index contributed by atoms with van der Waals surface area (Å²) in [6.07, 6.45) is -6.48. The lowest BCUT2D eigenvalue weighted by atomic mass is 9.35. The van der Waals surface area contributed by atoms with E-state index in [0.717, 1.165) is 38.5 Å². The monoisotopic (exact) mass is 784 g/mol. The summed E-state index contributed by atoms with van der Waals surface area (Å²) in [6, 6.07) is 0. The minimum Gasteiger partial charge on any atom is -0.394 e. The van der Waals surface area contributed by atoms with Crippen LogP contribution in [0.4, 0.5) is 0 Å². The molecule has 13 nitrogen and oxygen atoms in total. The first-order valence-corrected chi connectivity index (χ1v) is 20.9. The number of ether oxygens (including phenoxy) is 4. The first-order valence-electron chi connectivity index (χ1n) is 20.9. The van der Waals surface area contributed by atoms with Crippen LogP contribution in [0, 0.1) is 45.3 Å². The van der Waals surface area contributed by atoms with Crippen LogP contribution in [-0.4, -0.2) is 138 Å². The minimum absolute atomic E-state index is 0.00798. The molecule has 0 aromatic carbocycles. The first kappa shape index (κ1) is 43.8. The number of aliphatic hydroxyl groups excluding tert-OH is 8. The zero-order chi connectivity index (χ0) is 40.6. The highest BCUT2D eigenvalue weighted by Gasteiger charge is 2.71. The van der Waals surface area contributed by atoms with Gasteiger partial charge in [-0.3, -0.25) is 0 Å². The van der Waals surface area contributed by atoms with Crippen molar-refractivity contribution < 1.29 is 64.9 Å². The van der Waals surface area contributed by atoms with Crippen LogP contribution in [-0.2, 0) is 18.9 Å². The van der Waals surface area contributed by atoms with Crippen molar-refractivity contribution in [3.63, 3.8) is 0 Å². The van der Waals surface area contributed by atoms with Crippen molar-refractivity contribution in [2.75, 3.05) is 13.2 Å². The second-order valence-electron chi connectivity index (χ2n) is 20.1. The van der Waals surface area contributed by atoms with Crippen LogP contribution in [0.2, 0.25) is 0 Å². The van der Waals surface area contributed by atoms with E-state index in [1.807, 2.05) is 6.92 Å². The van der Waals surface area contributed by atoms with Crippen molar-refractivity contribution >= 4 is 0 Å². The topological polar surface area (TPSA) is 219 Å². The number of allylic oxidation sites excluding steroid dienone is 2. The molecule has 9 N–H and O–H groups in total. The number of aliphatic hydroxyl groups is 9. The van der Waals surface area contributed by atoms with Gasteiger partial charge in [-0.2, -0.15) is 0 Å². The molecule has 6 aliphatic rings. The van der Waals surface area contributed by atoms with E-state index in [-0.39, 0.29) is 39.9 Å². The van der Waals surface area contributed by atoms with E-state index in [1.165, 1.54) is 5.57 Å². The van der Waals surface area contributed by atoms with Crippen molar-refractivity contribution in [3.05, 3.63) is 11.6 Å². The lowest BCUT2D eigenvalue weighted by Gasteiger charge is -2.70. The first-order chi connectivity index (χ1) is 25.6. The molecule has 0 aromatic heterocycles. The van der Waals surface area contributed by atoms with Gasteiger partial charge >= 0.3 is 0 Å². The van der Waals surface area contributed by atoms with Gasteiger partial charge in [0.15, 0.2) is 12.6 Å². The van der Waals surface area contributed by atoms with Crippen LogP contribution in [0.5, 0.6) is 0 Å². The van der Waals surface area contributed by atoms with Gasteiger partial charge in [0.25, 0.3) is 0 Å². The average Bonchev–Trinajstić information content (AvgIpc) is 3.50. The fourth-order valence-corrected chi connectivity index (χ4v) is 13.3. The molecule has 0 aromatic rings. The zero-order valence-electron chi connectivity index (χ0n) is 34.3. The Hall–Kier alpha value is -0.780. The van der Waals surface area contributed by atoms with Gasteiger partial charge in [-0.1, -0.05) is 46.3 Å². The van der Waals surface area contributed by atoms with Crippen LogP contribution >= 0.6 is 0 Å². The van der Waals surface area contributed by atoms with E-state index < -0.39 is 97.8 Å². The number of hydrogen-bond donors (Lipinski definition) is 9. The Balaban J connectivity index is 1.23. The molecule has 4 aliphatic carbocycles. The fourth-order valence-electron chi connectivity index (χ4n) is 13.3. The van der Waals surface area contributed by atoms with Crippen LogP contribution in [0.3, 0.4) is 0 Å². The summed E-state index contributed by atoms with van der Waals surface area (Å²) >= 11 is 0. The van der Waals surface area contributed by atoms with E-state index in [9.17, 15) is 46.0 Å². The minimum atomic E-state index is -1.75. The normalized spacial score (nSPS) is 52.0. The van der Waals surface area contributed by atoms with E-state index >= 15 is 0 Å². The Morgan fingerprint density at radius 1 is 0.727 bits per heavy atom. The lowest BCUT2D eigenvalue weighted by molar-refractivity contribution is -0.378. The standard InChI is InChI=1S/C42H72O13/c1-21(2)10-9-14-42(8,51)22-11-16-41(7)29(22)23(45)18-27-39(5)15-13-28(38(3,4)26(39)12-17-40(27,41)6)54-37-35(33(49)31(47)25(20-44)53-37)55-36-34(50)32(48)30(46)24(19-43)52-36/h10,22-37,43-51H,9,11-20H2,1-8H3/t22-,23+,24-,25-,26+,27+,28+,29+,30-,31-,32+,33+,34-,35-,36+,37+,39+,40+,41+,42+/m1/s1. The highest BCUT2D eigenvalue weighted by molar-refractivity contribution is 5.20. The second kappa shape index (κ2) is 15.7. The Bertz CT molecular complexity index is 1370. The second-order valence-corrected chi connectivity index (χ2v) is 20.1. The van der Waals surface area contributed by atoms with Crippen molar-refractivity contribution in [1.82, 2.24) is 0 Å². The maximum Gasteiger partial charge on any atom is 0.187 e. The van der Waals surface area contributed by atoms with Crippen LogP contribution in [0.1, 0.15) is 113 Å². The van der Waals surface area contributed by atoms with Gasteiger partial charge < -0.3 is 64.9 Å².